The average molecular weight is 331 g/mol. The number of thiazole rings is 1. The molecule has 0 aliphatic heterocycles. The summed E-state index contributed by atoms with van der Waals surface area (Å²) in [6.45, 7) is 4.90. The van der Waals surface area contributed by atoms with Crippen LogP contribution in [0.25, 0.3) is 10.4 Å². The molecule has 3 rings (SSSR count). The minimum atomic E-state index is -0.804. The quantitative estimate of drug-likeness (QED) is 0.750. The summed E-state index contributed by atoms with van der Waals surface area (Å²) in [5.74, 6) is 0. The minimum absolute atomic E-state index is 0.155. The predicted octanol–water partition coefficient (Wildman–Crippen LogP) is 3.64. The van der Waals surface area contributed by atoms with E-state index in [4.69, 9.17) is 11.5 Å². The third-order valence-electron chi connectivity index (χ3n) is 4.65. The van der Waals surface area contributed by atoms with E-state index in [0.717, 1.165) is 46.7 Å². The molecule has 4 nitrogen and oxygen atoms in total. The number of nitrogen functional groups attached to an aromatic ring is 1. The van der Waals surface area contributed by atoms with Crippen molar-refractivity contribution in [2.24, 2.45) is 11.1 Å². The Kier molecular flexibility index (Phi) is 4.21. The van der Waals surface area contributed by atoms with Crippen molar-refractivity contribution < 1.29 is 5.11 Å². The highest BCUT2D eigenvalue weighted by Gasteiger charge is 2.41. The van der Waals surface area contributed by atoms with E-state index in [1.165, 1.54) is 0 Å². The van der Waals surface area contributed by atoms with Crippen molar-refractivity contribution in [1.29, 1.82) is 0 Å². The summed E-state index contributed by atoms with van der Waals surface area (Å²) in [5, 5.41) is 11.9. The first-order valence-corrected chi connectivity index (χ1v) is 8.92. The molecule has 1 heterocycles. The SMILES string of the molecule is CC1(C)CCCC(O)(c2ncc(-c3cc(N)cc(CN)c3)s2)C1. The Balaban J connectivity index is 1.93. The number of nitrogens with zero attached hydrogens (tertiary/aromatic N) is 1. The van der Waals surface area contributed by atoms with E-state index in [1.807, 2.05) is 24.4 Å². The number of benzene rings is 1. The van der Waals surface area contributed by atoms with Gasteiger partial charge in [0.15, 0.2) is 0 Å². The molecule has 1 aliphatic rings. The second-order valence-electron chi connectivity index (χ2n) is 7.42. The first-order chi connectivity index (χ1) is 10.8. The summed E-state index contributed by atoms with van der Waals surface area (Å²) >= 11 is 1.56. The Hall–Kier alpha value is -1.43. The van der Waals surface area contributed by atoms with E-state index in [0.29, 0.717) is 12.2 Å². The molecule has 1 aliphatic carbocycles. The molecule has 1 atom stereocenters. The third kappa shape index (κ3) is 3.42. The van der Waals surface area contributed by atoms with Gasteiger partial charge in [0.1, 0.15) is 10.6 Å². The fraction of sp³-hybridized carbons (Fsp3) is 0.500. The van der Waals surface area contributed by atoms with Gasteiger partial charge in [-0.25, -0.2) is 4.98 Å². The van der Waals surface area contributed by atoms with Crippen LogP contribution >= 0.6 is 11.3 Å². The summed E-state index contributed by atoms with van der Waals surface area (Å²) in [4.78, 5) is 5.56. The van der Waals surface area contributed by atoms with Crippen LogP contribution < -0.4 is 11.5 Å². The molecule has 1 aromatic heterocycles. The zero-order valence-corrected chi connectivity index (χ0v) is 14.6. The monoisotopic (exact) mass is 331 g/mol. The zero-order chi connectivity index (χ0) is 16.7. The maximum atomic E-state index is 11.1. The van der Waals surface area contributed by atoms with Crippen LogP contribution in [0.1, 0.15) is 50.1 Å². The first kappa shape index (κ1) is 16.4. The summed E-state index contributed by atoms with van der Waals surface area (Å²) in [6.07, 6.45) is 5.58. The molecule has 1 aromatic carbocycles. The Morgan fingerprint density at radius 1 is 1.26 bits per heavy atom. The van der Waals surface area contributed by atoms with Crippen LogP contribution in [0.5, 0.6) is 0 Å². The van der Waals surface area contributed by atoms with E-state index in [2.05, 4.69) is 18.8 Å². The van der Waals surface area contributed by atoms with Gasteiger partial charge < -0.3 is 16.6 Å². The van der Waals surface area contributed by atoms with Crippen molar-refractivity contribution in [2.45, 2.75) is 51.7 Å². The molecule has 124 valence electrons. The molecule has 1 saturated carbocycles. The molecular formula is C18H25N3OS. The van der Waals surface area contributed by atoms with Gasteiger partial charge in [-0.1, -0.05) is 13.8 Å². The van der Waals surface area contributed by atoms with E-state index < -0.39 is 5.60 Å². The van der Waals surface area contributed by atoms with E-state index in [-0.39, 0.29) is 5.41 Å². The number of aromatic nitrogens is 1. The van der Waals surface area contributed by atoms with Gasteiger partial charge in [-0.3, -0.25) is 0 Å². The highest BCUT2D eigenvalue weighted by Crippen LogP contribution is 2.47. The zero-order valence-electron chi connectivity index (χ0n) is 13.8. The number of aliphatic hydroxyl groups is 1. The van der Waals surface area contributed by atoms with Crippen LogP contribution in [0.3, 0.4) is 0 Å². The Bertz CT molecular complexity index is 710. The number of hydrogen-bond acceptors (Lipinski definition) is 5. The van der Waals surface area contributed by atoms with Gasteiger partial charge in [-0.05, 0) is 60.4 Å². The maximum Gasteiger partial charge on any atom is 0.125 e. The molecule has 2 aromatic rings. The molecule has 1 unspecified atom stereocenters. The summed E-state index contributed by atoms with van der Waals surface area (Å²) in [5.41, 5.74) is 13.8. The molecule has 1 fully saturated rings. The standard InChI is InChI=1S/C18H25N3OS/c1-17(2)4-3-5-18(22,11-17)16-21-10-15(23-16)13-6-12(9-19)7-14(20)8-13/h6-8,10,22H,3-5,9,11,19-20H2,1-2H3. The molecule has 23 heavy (non-hydrogen) atoms. The lowest BCUT2D eigenvalue weighted by Crippen LogP contribution is -2.36. The third-order valence-corrected chi connectivity index (χ3v) is 5.89. The van der Waals surface area contributed by atoms with Gasteiger partial charge in [-0.2, -0.15) is 0 Å². The molecule has 0 spiro atoms. The van der Waals surface area contributed by atoms with Gasteiger partial charge in [0.2, 0.25) is 0 Å². The van der Waals surface area contributed by atoms with E-state index >= 15 is 0 Å². The molecule has 5 N–H and O–H groups in total. The van der Waals surface area contributed by atoms with Crippen LogP contribution in [0, 0.1) is 5.41 Å². The van der Waals surface area contributed by atoms with E-state index in [9.17, 15) is 5.11 Å². The predicted molar refractivity (Wildman–Crippen MR) is 96.0 cm³/mol. The van der Waals surface area contributed by atoms with Crippen molar-refractivity contribution in [1.82, 2.24) is 4.98 Å². The normalized spacial score (nSPS) is 23.8. The van der Waals surface area contributed by atoms with Crippen LogP contribution in [-0.2, 0) is 12.1 Å². The number of rotatable bonds is 3. The summed E-state index contributed by atoms with van der Waals surface area (Å²) < 4.78 is 0. The summed E-state index contributed by atoms with van der Waals surface area (Å²) in [7, 11) is 0. The minimum Gasteiger partial charge on any atom is -0.399 e. The van der Waals surface area contributed by atoms with Crippen LogP contribution in [0.15, 0.2) is 24.4 Å². The fourth-order valence-corrected chi connectivity index (χ4v) is 4.63. The molecule has 0 bridgehead atoms. The number of nitrogens with two attached hydrogens (primary N) is 2. The van der Waals surface area contributed by atoms with Crippen LogP contribution in [-0.4, -0.2) is 10.1 Å². The van der Waals surface area contributed by atoms with Gasteiger partial charge in [0.25, 0.3) is 0 Å². The van der Waals surface area contributed by atoms with Crippen molar-refractivity contribution >= 4 is 17.0 Å². The highest BCUT2D eigenvalue weighted by atomic mass is 32.1. The topological polar surface area (TPSA) is 85.2 Å². The fourth-order valence-electron chi connectivity index (χ4n) is 3.61. The van der Waals surface area contributed by atoms with Gasteiger partial charge in [0.05, 0.1) is 4.88 Å². The molecule has 0 saturated heterocycles. The van der Waals surface area contributed by atoms with Crippen LogP contribution in [0.2, 0.25) is 0 Å². The smallest absolute Gasteiger partial charge is 0.125 e. The van der Waals surface area contributed by atoms with Crippen molar-refractivity contribution in [3.05, 3.63) is 35.0 Å². The van der Waals surface area contributed by atoms with Gasteiger partial charge >= 0.3 is 0 Å². The largest absolute Gasteiger partial charge is 0.399 e. The second-order valence-corrected chi connectivity index (χ2v) is 8.45. The maximum absolute atomic E-state index is 11.1. The summed E-state index contributed by atoms with van der Waals surface area (Å²) in [6, 6.07) is 5.87. The van der Waals surface area contributed by atoms with Crippen LogP contribution in [0.4, 0.5) is 5.69 Å². The Morgan fingerprint density at radius 2 is 2.04 bits per heavy atom. The molecular weight excluding hydrogens is 306 g/mol. The lowest BCUT2D eigenvalue weighted by Gasteiger charge is -2.40. The average Bonchev–Trinajstić information content (AvgIpc) is 2.96. The Morgan fingerprint density at radius 3 is 2.74 bits per heavy atom. The van der Waals surface area contributed by atoms with Crippen molar-refractivity contribution in [2.75, 3.05) is 5.73 Å². The van der Waals surface area contributed by atoms with Crippen molar-refractivity contribution in [3.63, 3.8) is 0 Å². The van der Waals surface area contributed by atoms with Crippen molar-refractivity contribution in [3.8, 4) is 10.4 Å². The first-order valence-electron chi connectivity index (χ1n) is 8.10. The van der Waals surface area contributed by atoms with Gasteiger partial charge in [0, 0.05) is 18.4 Å². The van der Waals surface area contributed by atoms with E-state index in [1.54, 1.807) is 11.3 Å². The molecule has 5 heteroatoms. The lowest BCUT2D eigenvalue weighted by molar-refractivity contribution is -0.0441. The van der Waals surface area contributed by atoms with Gasteiger partial charge in [-0.15, -0.1) is 11.3 Å². The lowest BCUT2D eigenvalue weighted by atomic mass is 9.70. The molecule has 0 radical (unpaired) electrons. The highest BCUT2D eigenvalue weighted by molar-refractivity contribution is 7.15. The molecule has 0 amide bonds. The number of hydrogen-bond donors (Lipinski definition) is 3. The second kappa shape index (κ2) is 5.89. The number of anilines is 1. The Labute approximate surface area is 141 Å².